The highest BCUT2D eigenvalue weighted by molar-refractivity contribution is 8.14. The van der Waals surface area contributed by atoms with Gasteiger partial charge in [-0.2, -0.15) is 0 Å². The molecule has 0 unspecified atom stereocenters. The number of phenolic OH excluding ortho intramolecular Hbond substituents is 1. The number of thioether (sulfide) groups is 1. The van der Waals surface area contributed by atoms with Gasteiger partial charge in [0.1, 0.15) is 17.2 Å². The minimum Gasteiger partial charge on any atom is -0.547 e. The van der Waals surface area contributed by atoms with Gasteiger partial charge in [0.05, 0.1) is 44.6 Å². The molecule has 0 spiro atoms. The van der Waals surface area contributed by atoms with Crippen LogP contribution in [0.1, 0.15) is 19.9 Å². The zero-order chi connectivity index (χ0) is 19.7. The van der Waals surface area contributed by atoms with Crippen molar-refractivity contribution in [3.05, 3.63) is 23.8 Å². The summed E-state index contributed by atoms with van der Waals surface area (Å²) >= 11 is 1.26. The first-order valence-corrected chi connectivity index (χ1v) is 9.50. The zero-order valence-electron chi connectivity index (χ0n) is 15.4. The number of hydrogen-bond acceptors (Lipinski definition) is 9. The number of carboxylic acid groups (broad SMARTS) is 1. The van der Waals surface area contributed by atoms with Gasteiger partial charge in [0.25, 0.3) is 0 Å². The molecule has 0 fully saturated rings. The Kier molecular flexibility index (Phi) is 10.3. The fraction of sp³-hybridized carbons (Fsp3) is 0.579. The van der Waals surface area contributed by atoms with Crippen LogP contribution >= 0.6 is 11.8 Å². The number of ether oxygens (including phenoxy) is 4. The van der Waals surface area contributed by atoms with Crippen molar-refractivity contribution >= 4 is 22.8 Å². The van der Waals surface area contributed by atoms with Crippen molar-refractivity contribution in [2.24, 2.45) is 4.99 Å². The number of aromatic hydroxyl groups is 1. The van der Waals surface area contributed by atoms with Crippen LogP contribution in [0.15, 0.2) is 23.2 Å². The summed E-state index contributed by atoms with van der Waals surface area (Å²) < 4.78 is 21.1. The van der Waals surface area contributed by atoms with Crippen LogP contribution in [0.25, 0.3) is 0 Å². The lowest BCUT2D eigenvalue weighted by Gasteiger charge is -2.19. The lowest BCUT2D eigenvalue weighted by Crippen LogP contribution is -2.45. The number of aliphatic imine (C=N–C) groups is 1. The summed E-state index contributed by atoms with van der Waals surface area (Å²) in [5, 5.41) is 22.1. The number of aliphatic carboxylic acids is 1. The van der Waals surface area contributed by atoms with Crippen molar-refractivity contribution in [2.75, 3.05) is 52.5 Å². The molecule has 1 N–H and O–H groups in total. The monoisotopic (exact) mass is 414 g/mol. The van der Waals surface area contributed by atoms with Crippen molar-refractivity contribution in [3.63, 3.8) is 0 Å². The SMILES string of the molecule is C.COCCOCCOCCOc1cccc(C2=N[C@@](C)(C(=O)[O-])CS2)c1O. The third-order valence-corrected chi connectivity index (χ3v) is 5.09. The molecule has 0 saturated heterocycles. The maximum Gasteiger partial charge on any atom is 0.167 e. The quantitative estimate of drug-likeness (QED) is 0.506. The fourth-order valence-electron chi connectivity index (χ4n) is 2.23. The van der Waals surface area contributed by atoms with Gasteiger partial charge in [-0.25, -0.2) is 0 Å². The van der Waals surface area contributed by atoms with E-state index in [9.17, 15) is 15.0 Å². The molecule has 1 aromatic carbocycles. The summed E-state index contributed by atoms with van der Waals surface area (Å²) in [6.45, 7) is 4.07. The summed E-state index contributed by atoms with van der Waals surface area (Å²) in [4.78, 5) is 15.4. The van der Waals surface area contributed by atoms with Gasteiger partial charge in [0, 0.05) is 12.9 Å². The highest BCUT2D eigenvalue weighted by Crippen LogP contribution is 2.37. The normalized spacial score (nSPS) is 18.4. The molecule has 0 saturated carbocycles. The summed E-state index contributed by atoms with van der Waals surface area (Å²) in [7, 11) is 1.61. The lowest BCUT2D eigenvalue weighted by atomic mass is 10.1. The van der Waals surface area contributed by atoms with Gasteiger partial charge in [-0.15, -0.1) is 11.8 Å². The molecule has 0 amide bonds. The zero-order valence-corrected chi connectivity index (χ0v) is 16.3. The maximum atomic E-state index is 11.2. The Bertz CT molecular complexity index is 668. The summed E-state index contributed by atoms with van der Waals surface area (Å²) in [5.41, 5.74) is -0.849. The van der Waals surface area contributed by atoms with Gasteiger partial charge in [-0.1, -0.05) is 13.5 Å². The minimum atomic E-state index is -1.29. The number of nitrogens with zero attached hydrogens (tertiary/aromatic N) is 1. The van der Waals surface area contributed by atoms with E-state index in [1.54, 1.807) is 25.3 Å². The smallest absolute Gasteiger partial charge is 0.167 e. The Morgan fingerprint density at radius 2 is 1.86 bits per heavy atom. The minimum absolute atomic E-state index is 0. The molecule has 1 aromatic rings. The number of carbonyl (C=O) groups is 1. The number of phenols is 1. The Morgan fingerprint density at radius 3 is 2.46 bits per heavy atom. The number of para-hydroxylation sites is 1. The van der Waals surface area contributed by atoms with E-state index in [4.69, 9.17) is 18.9 Å². The van der Waals surface area contributed by atoms with Gasteiger partial charge in [0.2, 0.25) is 0 Å². The van der Waals surface area contributed by atoms with Gasteiger partial charge >= 0.3 is 0 Å². The predicted octanol–water partition coefficient (Wildman–Crippen LogP) is 1.09. The standard InChI is InChI=1S/C18H25NO7S.CH4/c1-18(17(21)22)12-27-16(19-18)13-4-3-5-14(15(13)20)26-11-10-25-9-8-24-7-6-23-2;/h3-5,20H,6-12H2,1-2H3,(H,21,22);1H4/p-1/t18-;/m1./s1. The van der Waals surface area contributed by atoms with E-state index in [1.165, 1.54) is 18.7 Å². The molecule has 158 valence electrons. The van der Waals surface area contributed by atoms with E-state index in [2.05, 4.69) is 4.99 Å². The Hall–Kier alpha value is -1.81. The first-order chi connectivity index (χ1) is 13.0. The van der Waals surface area contributed by atoms with Crippen LogP contribution in [0.4, 0.5) is 0 Å². The first kappa shape index (κ1) is 24.2. The van der Waals surface area contributed by atoms with E-state index in [-0.39, 0.29) is 31.3 Å². The number of rotatable bonds is 12. The average Bonchev–Trinajstić information content (AvgIpc) is 3.05. The van der Waals surface area contributed by atoms with Crippen LogP contribution < -0.4 is 9.84 Å². The first-order valence-electron chi connectivity index (χ1n) is 8.51. The molecule has 1 aliphatic rings. The second-order valence-electron chi connectivity index (χ2n) is 5.99. The molecule has 1 atom stereocenters. The molecule has 9 heteroatoms. The third kappa shape index (κ3) is 6.66. The van der Waals surface area contributed by atoms with E-state index in [1.807, 2.05) is 0 Å². The molecule has 0 bridgehead atoms. The van der Waals surface area contributed by atoms with E-state index < -0.39 is 11.5 Å². The number of hydrogen-bond donors (Lipinski definition) is 1. The number of methoxy groups -OCH3 is 1. The van der Waals surface area contributed by atoms with Gasteiger partial charge in [0.15, 0.2) is 11.5 Å². The van der Waals surface area contributed by atoms with Crippen molar-refractivity contribution in [1.82, 2.24) is 0 Å². The van der Waals surface area contributed by atoms with Crippen LogP contribution in [0, 0.1) is 0 Å². The fourth-order valence-corrected chi connectivity index (χ4v) is 3.41. The molecule has 0 radical (unpaired) electrons. The summed E-state index contributed by atoms with van der Waals surface area (Å²) in [6, 6.07) is 5.01. The van der Waals surface area contributed by atoms with Crippen molar-refractivity contribution in [3.8, 4) is 11.5 Å². The average molecular weight is 415 g/mol. The highest BCUT2D eigenvalue weighted by atomic mass is 32.2. The maximum absolute atomic E-state index is 11.2. The molecule has 1 aliphatic heterocycles. The molecule has 8 nitrogen and oxygen atoms in total. The number of carbonyl (C=O) groups excluding carboxylic acids is 1. The second kappa shape index (κ2) is 11.9. The Labute approximate surface area is 169 Å². The number of carboxylic acids is 1. The van der Waals surface area contributed by atoms with Gasteiger partial charge < -0.3 is 34.0 Å². The Balaban J connectivity index is 0.00000392. The van der Waals surface area contributed by atoms with Gasteiger partial charge in [-0.3, -0.25) is 4.99 Å². The van der Waals surface area contributed by atoms with Crippen LogP contribution in [0.3, 0.4) is 0 Å². The topological polar surface area (TPSA) is 110 Å². The van der Waals surface area contributed by atoms with Crippen molar-refractivity contribution < 1.29 is 34.0 Å². The summed E-state index contributed by atoms with van der Waals surface area (Å²) in [6.07, 6.45) is 0. The van der Waals surface area contributed by atoms with Crippen LogP contribution in [0.2, 0.25) is 0 Å². The van der Waals surface area contributed by atoms with E-state index >= 15 is 0 Å². The predicted molar refractivity (Wildman–Crippen MR) is 106 cm³/mol. The molecular formula is C19H28NO7S-. The van der Waals surface area contributed by atoms with Crippen LogP contribution in [-0.2, 0) is 19.0 Å². The molecule has 1 heterocycles. The molecular weight excluding hydrogens is 386 g/mol. The molecule has 0 aromatic heterocycles. The molecule has 28 heavy (non-hydrogen) atoms. The van der Waals surface area contributed by atoms with Crippen LogP contribution in [0.5, 0.6) is 11.5 Å². The molecule has 2 rings (SSSR count). The van der Waals surface area contributed by atoms with Crippen molar-refractivity contribution in [2.45, 2.75) is 19.9 Å². The van der Waals surface area contributed by atoms with Crippen LogP contribution in [-0.4, -0.2) is 74.2 Å². The third-order valence-electron chi connectivity index (χ3n) is 3.80. The largest absolute Gasteiger partial charge is 0.547 e. The second-order valence-corrected chi connectivity index (χ2v) is 6.95. The Morgan fingerprint density at radius 1 is 1.21 bits per heavy atom. The highest BCUT2D eigenvalue weighted by Gasteiger charge is 2.33. The van der Waals surface area contributed by atoms with E-state index in [0.717, 1.165) is 0 Å². The van der Waals surface area contributed by atoms with Crippen molar-refractivity contribution in [1.29, 1.82) is 0 Å². The molecule has 0 aliphatic carbocycles. The summed E-state index contributed by atoms with van der Waals surface area (Å²) in [5.74, 6) is -0.762. The lowest BCUT2D eigenvalue weighted by molar-refractivity contribution is -0.311. The van der Waals surface area contributed by atoms with E-state index in [0.29, 0.717) is 43.6 Å². The number of benzene rings is 1. The van der Waals surface area contributed by atoms with Gasteiger partial charge in [-0.05, 0) is 19.1 Å².